The van der Waals surface area contributed by atoms with Crippen molar-refractivity contribution in [1.82, 2.24) is 0 Å². The van der Waals surface area contributed by atoms with Gasteiger partial charge in [0, 0.05) is 13.0 Å². The van der Waals surface area contributed by atoms with E-state index in [2.05, 4.69) is 0 Å². The van der Waals surface area contributed by atoms with Gasteiger partial charge in [0.25, 0.3) is 0 Å². The van der Waals surface area contributed by atoms with Gasteiger partial charge in [0.05, 0.1) is 5.56 Å². The number of aliphatic hydroxyl groups is 1. The third kappa shape index (κ3) is 3.62. The molecule has 1 atom stereocenters. The molecule has 0 fully saturated rings. The maximum atomic E-state index is 12.5. The molecule has 21 heavy (non-hydrogen) atoms. The largest absolute Gasteiger partial charge is 0.416 e. The third-order valence-electron chi connectivity index (χ3n) is 3.43. The van der Waals surface area contributed by atoms with Crippen molar-refractivity contribution in [2.45, 2.75) is 18.2 Å². The van der Waals surface area contributed by atoms with Crippen LogP contribution in [-0.2, 0) is 18.2 Å². The standard InChI is InChI=1S/C16H16F3NO/c17-16(18,19)14-8-6-12(7-9-14)10-15(21,11-20)13-4-2-1-3-5-13/h1-9,21H,10-11,20H2. The van der Waals surface area contributed by atoms with Crippen LogP contribution in [0.2, 0.25) is 0 Å². The summed E-state index contributed by atoms with van der Waals surface area (Å²) >= 11 is 0. The fourth-order valence-corrected chi connectivity index (χ4v) is 2.19. The Morgan fingerprint density at radius 2 is 1.43 bits per heavy atom. The summed E-state index contributed by atoms with van der Waals surface area (Å²) in [6.45, 7) is -0.0158. The number of nitrogens with two attached hydrogens (primary N) is 1. The molecule has 0 saturated carbocycles. The van der Waals surface area contributed by atoms with Crippen LogP contribution in [0.25, 0.3) is 0 Å². The maximum absolute atomic E-state index is 12.5. The Morgan fingerprint density at radius 1 is 0.857 bits per heavy atom. The average molecular weight is 295 g/mol. The highest BCUT2D eigenvalue weighted by atomic mass is 19.4. The zero-order valence-electron chi connectivity index (χ0n) is 11.3. The highest BCUT2D eigenvalue weighted by molar-refractivity contribution is 5.30. The van der Waals surface area contributed by atoms with E-state index >= 15 is 0 Å². The van der Waals surface area contributed by atoms with E-state index in [1.54, 1.807) is 24.3 Å². The molecule has 0 amide bonds. The molecule has 0 aliphatic rings. The van der Waals surface area contributed by atoms with Crippen molar-refractivity contribution < 1.29 is 18.3 Å². The monoisotopic (exact) mass is 295 g/mol. The predicted molar refractivity (Wildman–Crippen MR) is 74.5 cm³/mol. The minimum Gasteiger partial charge on any atom is -0.383 e. The van der Waals surface area contributed by atoms with Gasteiger partial charge in [-0.05, 0) is 23.3 Å². The number of hydrogen-bond acceptors (Lipinski definition) is 2. The molecule has 0 aliphatic carbocycles. The van der Waals surface area contributed by atoms with Crippen molar-refractivity contribution in [1.29, 1.82) is 0 Å². The van der Waals surface area contributed by atoms with Gasteiger partial charge >= 0.3 is 6.18 Å². The Labute approximate surface area is 121 Å². The van der Waals surface area contributed by atoms with Crippen molar-refractivity contribution in [3.05, 3.63) is 71.3 Å². The van der Waals surface area contributed by atoms with E-state index in [-0.39, 0.29) is 13.0 Å². The SMILES string of the molecule is NCC(O)(Cc1ccc(C(F)(F)F)cc1)c1ccccc1. The van der Waals surface area contributed by atoms with Crippen molar-refractivity contribution in [3.8, 4) is 0 Å². The summed E-state index contributed by atoms with van der Waals surface area (Å²) in [4.78, 5) is 0. The third-order valence-corrected chi connectivity index (χ3v) is 3.43. The van der Waals surface area contributed by atoms with E-state index in [0.717, 1.165) is 12.1 Å². The summed E-state index contributed by atoms with van der Waals surface area (Å²) in [5, 5.41) is 10.6. The lowest BCUT2D eigenvalue weighted by Crippen LogP contribution is -2.37. The Kier molecular flexibility index (Phi) is 4.34. The van der Waals surface area contributed by atoms with Crippen LogP contribution in [0.15, 0.2) is 54.6 Å². The van der Waals surface area contributed by atoms with Gasteiger partial charge in [0.1, 0.15) is 5.60 Å². The smallest absolute Gasteiger partial charge is 0.383 e. The second-order valence-corrected chi connectivity index (χ2v) is 4.97. The zero-order valence-corrected chi connectivity index (χ0v) is 11.3. The lowest BCUT2D eigenvalue weighted by molar-refractivity contribution is -0.137. The minimum absolute atomic E-state index is 0.0158. The lowest BCUT2D eigenvalue weighted by Gasteiger charge is -2.27. The Morgan fingerprint density at radius 3 is 1.90 bits per heavy atom. The first-order valence-corrected chi connectivity index (χ1v) is 6.49. The lowest BCUT2D eigenvalue weighted by atomic mass is 9.87. The van der Waals surface area contributed by atoms with Crippen LogP contribution in [0.3, 0.4) is 0 Å². The Balaban J connectivity index is 2.23. The van der Waals surface area contributed by atoms with E-state index < -0.39 is 17.3 Å². The molecule has 0 aliphatic heterocycles. The first-order valence-electron chi connectivity index (χ1n) is 6.49. The Hall–Kier alpha value is -1.85. The van der Waals surface area contributed by atoms with Gasteiger partial charge in [-0.2, -0.15) is 13.2 Å². The van der Waals surface area contributed by atoms with E-state index in [4.69, 9.17) is 5.73 Å². The van der Waals surface area contributed by atoms with Gasteiger partial charge in [0.2, 0.25) is 0 Å². The van der Waals surface area contributed by atoms with Crippen LogP contribution < -0.4 is 5.73 Å². The van der Waals surface area contributed by atoms with Gasteiger partial charge in [-0.25, -0.2) is 0 Å². The summed E-state index contributed by atoms with van der Waals surface area (Å²) < 4.78 is 37.6. The quantitative estimate of drug-likeness (QED) is 0.910. The van der Waals surface area contributed by atoms with Crippen molar-refractivity contribution >= 4 is 0 Å². The molecule has 5 heteroatoms. The molecule has 0 heterocycles. The predicted octanol–water partition coefficient (Wildman–Crippen LogP) is 3.09. The summed E-state index contributed by atoms with van der Waals surface area (Å²) in [6.07, 6.45) is -4.20. The number of rotatable bonds is 4. The molecular weight excluding hydrogens is 279 g/mol. The van der Waals surface area contributed by atoms with Crippen LogP contribution in [0.4, 0.5) is 13.2 Å². The fourth-order valence-electron chi connectivity index (χ4n) is 2.19. The molecule has 2 rings (SSSR count). The molecule has 0 radical (unpaired) electrons. The molecule has 3 N–H and O–H groups in total. The van der Waals surface area contributed by atoms with Gasteiger partial charge in [0.15, 0.2) is 0 Å². The van der Waals surface area contributed by atoms with Crippen molar-refractivity contribution in [2.24, 2.45) is 5.73 Å². The van der Waals surface area contributed by atoms with Gasteiger partial charge in [-0.15, -0.1) is 0 Å². The molecule has 0 aromatic heterocycles. The molecule has 0 bridgehead atoms. The van der Waals surface area contributed by atoms with Crippen LogP contribution in [0.5, 0.6) is 0 Å². The summed E-state index contributed by atoms with van der Waals surface area (Å²) in [6, 6.07) is 13.6. The van der Waals surface area contributed by atoms with Crippen molar-refractivity contribution in [2.75, 3.05) is 6.54 Å². The summed E-state index contributed by atoms with van der Waals surface area (Å²) in [5.74, 6) is 0. The zero-order chi connectivity index (χ0) is 15.5. The average Bonchev–Trinajstić information content (AvgIpc) is 2.47. The topological polar surface area (TPSA) is 46.2 Å². The second kappa shape index (κ2) is 5.87. The van der Waals surface area contributed by atoms with Gasteiger partial charge < -0.3 is 10.8 Å². The van der Waals surface area contributed by atoms with E-state index in [1.165, 1.54) is 12.1 Å². The molecular formula is C16H16F3NO. The molecule has 2 aromatic carbocycles. The molecule has 0 spiro atoms. The molecule has 2 aromatic rings. The number of hydrogen-bond donors (Lipinski definition) is 2. The first kappa shape index (κ1) is 15.5. The van der Waals surface area contributed by atoms with Crippen LogP contribution in [-0.4, -0.2) is 11.7 Å². The first-order chi connectivity index (χ1) is 9.85. The normalized spacial score (nSPS) is 14.7. The van der Waals surface area contributed by atoms with Crippen LogP contribution >= 0.6 is 0 Å². The Bertz CT molecular complexity index is 581. The fraction of sp³-hybridized carbons (Fsp3) is 0.250. The van der Waals surface area contributed by atoms with E-state index in [9.17, 15) is 18.3 Å². The number of alkyl halides is 3. The molecule has 112 valence electrons. The summed E-state index contributed by atoms with van der Waals surface area (Å²) in [7, 11) is 0. The molecule has 0 saturated heterocycles. The van der Waals surface area contributed by atoms with Crippen molar-refractivity contribution in [3.63, 3.8) is 0 Å². The summed E-state index contributed by atoms with van der Waals surface area (Å²) in [5.41, 5.74) is 4.90. The number of halogens is 3. The highest BCUT2D eigenvalue weighted by Crippen LogP contribution is 2.30. The molecule has 2 nitrogen and oxygen atoms in total. The number of benzene rings is 2. The van der Waals surface area contributed by atoms with Gasteiger partial charge in [-0.3, -0.25) is 0 Å². The van der Waals surface area contributed by atoms with Crippen LogP contribution in [0, 0.1) is 0 Å². The van der Waals surface area contributed by atoms with Crippen LogP contribution in [0.1, 0.15) is 16.7 Å². The molecule has 1 unspecified atom stereocenters. The maximum Gasteiger partial charge on any atom is 0.416 e. The van der Waals surface area contributed by atoms with E-state index in [1.807, 2.05) is 6.07 Å². The highest BCUT2D eigenvalue weighted by Gasteiger charge is 2.31. The second-order valence-electron chi connectivity index (χ2n) is 4.97. The van der Waals surface area contributed by atoms with Gasteiger partial charge in [-0.1, -0.05) is 42.5 Å². The minimum atomic E-state index is -4.36. The van der Waals surface area contributed by atoms with E-state index in [0.29, 0.717) is 11.1 Å².